The van der Waals surface area contributed by atoms with Gasteiger partial charge in [0.05, 0.1) is 0 Å². The first kappa shape index (κ1) is 9.89. The predicted octanol–water partition coefficient (Wildman–Crippen LogP) is 1.44. The number of aromatic nitrogens is 4. The van der Waals surface area contributed by atoms with Crippen LogP contribution in [0.2, 0.25) is 0 Å². The van der Waals surface area contributed by atoms with Gasteiger partial charge in [0.25, 0.3) is 0 Å². The SMILES string of the molecule is CCCC(C)On1nnc2cccnc21. The van der Waals surface area contributed by atoms with E-state index < -0.39 is 0 Å². The van der Waals surface area contributed by atoms with Gasteiger partial charge >= 0.3 is 0 Å². The number of rotatable bonds is 4. The van der Waals surface area contributed by atoms with Crippen molar-refractivity contribution in [3.8, 4) is 0 Å². The number of fused-ring (bicyclic) bond motifs is 1. The van der Waals surface area contributed by atoms with Crippen LogP contribution in [-0.4, -0.2) is 26.2 Å². The molecule has 0 bridgehead atoms. The van der Waals surface area contributed by atoms with E-state index in [1.54, 1.807) is 6.20 Å². The van der Waals surface area contributed by atoms with Crippen molar-refractivity contribution < 1.29 is 4.84 Å². The Bertz CT molecular complexity index is 440. The summed E-state index contributed by atoms with van der Waals surface area (Å²) in [7, 11) is 0. The molecule has 0 N–H and O–H groups in total. The van der Waals surface area contributed by atoms with Gasteiger partial charge in [0.15, 0.2) is 0 Å². The Morgan fingerprint density at radius 2 is 2.40 bits per heavy atom. The number of pyridine rings is 1. The average Bonchev–Trinajstić information content (AvgIpc) is 2.62. The largest absolute Gasteiger partial charge is 0.391 e. The van der Waals surface area contributed by atoms with Gasteiger partial charge in [-0.15, -0.1) is 5.10 Å². The number of hydrogen-bond donors (Lipinski definition) is 0. The molecule has 0 amide bonds. The molecule has 0 radical (unpaired) electrons. The topological polar surface area (TPSA) is 52.8 Å². The summed E-state index contributed by atoms with van der Waals surface area (Å²) in [6, 6.07) is 3.69. The molecule has 0 aliphatic carbocycles. The second-order valence-electron chi connectivity index (χ2n) is 3.51. The van der Waals surface area contributed by atoms with Gasteiger partial charge in [-0.25, -0.2) is 4.98 Å². The lowest BCUT2D eigenvalue weighted by Gasteiger charge is -2.11. The third kappa shape index (κ3) is 2.06. The highest BCUT2D eigenvalue weighted by Gasteiger charge is 2.08. The van der Waals surface area contributed by atoms with Crippen molar-refractivity contribution >= 4 is 11.2 Å². The van der Waals surface area contributed by atoms with Gasteiger partial charge in [0.1, 0.15) is 11.6 Å². The smallest absolute Gasteiger partial charge is 0.219 e. The Kier molecular flexibility index (Phi) is 2.80. The molecule has 2 aromatic rings. The van der Waals surface area contributed by atoms with Gasteiger partial charge < -0.3 is 4.84 Å². The molecule has 1 unspecified atom stereocenters. The van der Waals surface area contributed by atoms with Gasteiger partial charge in [-0.1, -0.05) is 18.2 Å². The molecule has 1 atom stereocenters. The van der Waals surface area contributed by atoms with Crippen LogP contribution in [0.5, 0.6) is 0 Å². The summed E-state index contributed by atoms with van der Waals surface area (Å²) in [6.07, 6.45) is 3.91. The third-order valence-electron chi connectivity index (χ3n) is 2.16. The highest BCUT2D eigenvalue weighted by atomic mass is 16.7. The first-order chi connectivity index (χ1) is 7.31. The minimum Gasteiger partial charge on any atom is -0.391 e. The Balaban J connectivity index is 2.21. The minimum atomic E-state index is 0.127. The fourth-order valence-corrected chi connectivity index (χ4v) is 1.45. The standard InChI is InChI=1S/C10H14N4O/c1-3-5-8(2)15-14-10-9(12-13-14)6-4-7-11-10/h4,6-8H,3,5H2,1-2H3. The summed E-state index contributed by atoms with van der Waals surface area (Å²) in [5.74, 6) is 0. The molecule has 0 aliphatic rings. The van der Waals surface area contributed by atoms with E-state index in [4.69, 9.17) is 4.84 Å². The summed E-state index contributed by atoms with van der Waals surface area (Å²) in [4.78, 5) is 11.2. The summed E-state index contributed by atoms with van der Waals surface area (Å²) in [6.45, 7) is 4.14. The van der Waals surface area contributed by atoms with Crippen LogP contribution < -0.4 is 4.84 Å². The molecule has 0 fully saturated rings. The van der Waals surface area contributed by atoms with Gasteiger partial charge in [-0.3, -0.25) is 0 Å². The Morgan fingerprint density at radius 1 is 1.53 bits per heavy atom. The molecule has 0 saturated carbocycles. The highest BCUT2D eigenvalue weighted by Crippen LogP contribution is 2.06. The molecule has 0 aromatic carbocycles. The molecule has 5 nitrogen and oxygen atoms in total. The Hall–Kier alpha value is -1.65. The van der Waals surface area contributed by atoms with Crippen molar-refractivity contribution in [1.82, 2.24) is 20.1 Å². The molecule has 0 spiro atoms. The molecule has 2 heterocycles. The normalized spacial score (nSPS) is 12.9. The van der Waals surface area contributed by atoms with Crippen LogP contribution in [0.1, 0.15) is 26.7 Å². The van der Waals surface area contributed by atoms with Crippen LogP contribution in [0.25, 0.3) is 11.2 Å². The van der Waals surface area contributed by atoms with Crippen LogP contribution in [0.3, 0.4) is 0 Å². The van der Waals surface area contributed by atoms with E-state index in [0.717, 1.165) is 18.4 Å². The second-order valence-corrected chi connectivity index (χ2v) is 3.51. The summed E-state index contributed by atoms with van der Waals surface area (Å²) >= 11 is 0. The zero-order valence-electron chi connectivity index (χ0n) is 8.92. The van der Waals surface area contributed by atoms with Crippen LogP contribution in [0.15, 0.2) is 18.3 Å². The predicted molar refractivity (Wildman–Crippen MR) is 56.3 cm³/mol. The summed E-state index contributed by atoms with van der Waals surface area (Å²) in [5.41, 5.74) is 1.42. The zero-order valence-corrected chi connectivity index (χ0v) is 8.92. The first-order valence-electron chi connectivity index (χ1n) is 5.15. The van der Waals surface area contributed by atoms with Crippen LogP contribution in [0.4, 0.5) is 0 Å². The Morgan fingerprint density at radius 3 is 3.20 bits per heavy atom. The van der Waals surface area contributed by atoms with Crippen molar-refractivity contribution in [3.63, 3.8) is 0 Å². The zero-order chi connectivity index (χ0) is 10.7. The van der Waals surface area contributed by atoms with E-state index >= 15 is 0 Å². The van der Waals surface area contributed by atoms with Gasteiger partial charge in [0, 0.05) is 6.20 Å². The van der Waals surface area contributed by atoms with Crippen molar-refractivity contribution in [1.29, 1.82) is 0 Å². The monoisotopic (exact) mass is 206 g/mol. The molecule has 15 heavy (non-hydrogen) atoms. The van der Waals surface area contributed by atoms with E-state index in [-0.39, 0.29) is 6.10 Å². The highest BCUT2D eigenvalue weighted by molar-refractivity contribution is 5.68. The molecular weight excluding hydrogens is 192 g/mol. The molecule has 2 rings (SSSR count). The first-order valence-corrected chi connectivity index (χ1v) is 5.15. The van der Waals surface area contributed by atoms with E-state index in [2.05, 4.69) is 22.2 Å². The molecular formula is C10H14N4O. The van der Waals surface area contributed by atoms with Crippen LogP contribution in [-0.2, 0) is 0 Å². The molecule has 2 aromatic heterocycles. The fraction of sp³-hybridized carbons (Fsp3) is 0.500. The lowest BCUT2D eigenvalue weighted by molar-refractivity contribution is 0.0243. The van der Waals surface area contributed by atoms with E-state index in [1.807, 2.05) is 19.1 Å². The number of hydrogen-bond acceptors (Lipinski definition) is 4. The quantitative estimate of drug-likeness (QED) is 0.759. The molecule has 5 heteroatoms. The lowest BCUT2D eigenvalue weighted by atomic mass is 10.2. The summed E-state index contributed by atoms with van der Waals surface area (Å²) < 4.78 is 0. The van der Waals surface area contributed by atoms with Crippen molar-refractivity contribution in [2.45, 2.75) is 32.8 Å². The fourth-order valence-electron chi connectivity index (χ4n) is 1.45. The third-order valence-corrected chi connectivity index (χ3v) is 2.16. The van der Waals surface area contributed by atoms with Gasteiger partial charge in [-0.2, -0.15) is 0 Å². The molecule has 0 aliphatic heterocycles. The van der Waals surface area contributed by atoms with Gasteiger partial charge in [0.2, 0.25) is 5.65 Å². The van der Waals surface area contributed by atoms with Crippen molar-refractivity contribution in [2.75, 3.05) is 0 Å². The van der Waals surface area contributed by atoms with E-state index in [0.29, 0.717) is 5.65 Å². The summed E-state index contributed by atoms with van der Waals surface area (Å²) in [5, 5.41) is 7.86. The maximum absolute atomic E-state index is 5.59. The minimum absolute atomic E-state index is 0.127. The van der Waals surface area contributed by atoms with E-state index in [9.17, 15) is 0 Å². The molecule has 80 valence electrons. The van der Waals surface area contributed by atoms with Crippen LogP contribution >= 0.6 is 0 Å². The van der Waals surface area contributed by atoms with Crippen LogP contribution in [0, 0.1) is 0 Å². The maximum atomic E-state index is 5.59. The lowest BCUT2D eigenvalue weighted by Crippen LogP contribution is -2.23. The second kappa shape index (κ2) is 4.25. The van der Waals surface area contributed by atoms with E-state index in [1.165, 1.54) is 4.85 Å². The Labute approximate surface area is 88.0 Å². The average molecular weight is 206 g/mol. The molecule has 0 saturated heterocycles. The maximum Gasteiger partial charge on any atom is 0.219 e. The van der Waals surface area contributed by atoms with Gasteiger partial charge in [-0.05, 0) is 30.7 Å². The number of nitrogens with zero attached hydrogens (tertiary/aromatic N) is 4. The van der Waals surface area contributed by atoms with Crippen molar-refractivity contribution in [3.05, 3.63) is 18.3 Å². The van der Waals surface area contributed by atoms with Crippen molar-refractivity contribution in [2.24, 2.45) is 0 Å².